The molecule has 38 heavy (non-hydrogen) atoms. The Labute approximate surface area is 224 Å². The normalized spacial score (nSPS) is 21.2. The van der Waals surface area contributed by atoms with Gasteiger partial charge in [-0.25, -0.2) is 0 Å². The van der Waals surface area contributed by atoms with Gasteiger partial charge in [-0.05, 0) is 0 Å². The van der Waals surface area contributed by atoms with Crippen LogP contribution in [0.4, 0.5) is 0 Å². The molecule has 0 saturated heterocycles. The van der Waals surface area contributed by atoms with Gasteiger partial charge in [0.2, 0.25) is 0 Å². The Kier molecular flexibility index (Phi) is 5.26. The molecule has 0 spiro atoms. The van der Waals surface area contributed by atoms with Crippen molar-refractivity contribution in [3.8, 4) is 0 Å². The summed E-state index contributed by atoms with van der Waals surface area (Å²) in [5.74, 6) is 0. The molecule has 0 aromatic heterocycles. The maximum atomic E-state index is 2.83. The van der Waals surface area contributed by atoms with E-state index < -0.39 is 14.4 Å². The van der Waals surface area contributed by atoms with Crippen molar-refractivity contribution < 1.29 is 14.4 Å². The van der Waals surface area contributed by atoms with Gasteiger partial charge in [0.1, 0.15) is 0 Å². The summed E-state index contributed by atoms with van der Waals surface area (Å²) in [6.07, 6.45) is 7.17. The second-order valence-electron chi connectivity index (χ2n) is 14.0. The van der Waals surface area contributed by atoms with Crippen molar-refractivity contribution in [2.24, 2.45) is 0 Å². The zero-order chi connectivity index (χ0) is 26.7. The predicted octanol–water partition coefficient (Wildman–Crippen LogP) is 8.14. The van der Waals surface area contributed by atoms with Crippen LogP contribution in [-0.4, -0.2) is 6.88 Å². The molecule has 4 aromatic rings. The predicted molar refractivity (Wildman–Crippen MR) is 167 cm³/mol. The summed E-state index contributed by atoms with van der Waals surface area (Å²) in [7, 11) is 0. The van der Waals surface area contributed by atoms with Gasteiger partial charge in [-0.3, -0.25) is 0 Å². The quantitative estimate of drug-likeness (QED) is 0.199. The first kappa shape index (κ1) is 25.7. The van der Waals surface area contributed by atoms with E-state index in [1.807, 2.05) is 0 Å². The number of hydrogen-bond donors (Lipinski definition) is 0. The van der Waals surface area contributed by atoms with Gasteiger partial charge in [-0.15, -0.1) is 0 Å². The number of allylic oxidation sites excluding steroid dienone is 2. The van der Waals surface area contributed by atoms with Crippen molar-refractivity contribution in [2.45, 2.75) is 43.2 Å². The fourth-order valence-electron chi connectivity index (χ4n) is 9.64. The van der Waals surface area contributed by atoms with Crippen LogP contribution in [-0.2, 0) is 14.4 Å². The molecule has 0 saturated carbocycles. The first-order chi connectivity index (χ1) is 18.1. The van der Waals surface area contributed by atoms with Crippen molar-refractivity contribution in [3.05, 3.63) is 143 Å². The van der Waals surface area contributed by atoms with E-state index in [2.05, 4.69) is 151 Å². The zero-order valence-corrected chi connectivity index (χ0v) is 27.2. The molecule has 6 rings (SSSR count). The van der Waals surface area contributed by atoms with Crippen molar-refractivity contribution in [3.63, 3.8) is 0 Å². The third-order valence-electron chi connectivity index (χ3n) is 11.4. The summed E-state index contributed by atoms with van der Waals surface area (Å²) in [6.45, 7) is 7.20. The average molecular weight is 592 g/mol. The van der Waals surface area contributed by atoms with Gasteiger partial charge in [0.05, 0.1) is 0 Å². The van der Waals surface area contributed by atoms with Crippen molar-refractivity contribution >= 4 is 25.6 Å². The zero-order valence-electron chi connectivity index (χ0n) is 23.3. The molecule has 2 aliphatic rings. The topological polar surface area (TPSA) is 0 Å². The van der Waals surface area contributed by atoms with Crippen LogP contribution < -0.4 is 6.54 Å². The summed E-state index contributed by atoms with van der Waals surface area (Å²) in [5, 5.41) is 0. The molecule has 2 aliphatic carbocycles. The Morgan fingerprint density at radius 2 is 0.868 bits per heavy atom. The van der Waals surface area contributed by atoms with E-state index in [0.29, 0.717) is 7.25 Å². The molecular weight excluding hydrogens is 552 g/mol. The minimum atomic E-state index is -5.63. The van der Waals surface area contributed by atoms with Crippen LogP contribution >= 0.6 is 0 Å². The first-order valence-electron chi connectivity index (χ1n) is 14.3. The number of benzene rings is 4. The monoisotopic (exact) mass is 590 g/mol. The molecule has 0 heterocycles. The molecule has 0 N–H and O–H groups in total. The van der Waals surface area contributed by atoms with E-state index in [-0.39, 0.29) is 0 Å². The molecule has 0 radical (unpaired) electrons. The molecule has 0 bridgehead atoms. The van der Waals surface area contributed by atoms with E-state index in [1.54, 1.807) is 17.7 Å². The van der Waals surface area contributed by atoms with Gasteiger partial charge in [-0.2, -0.15) is 0 Å². The van der Waals surface area contributed by atoms with Gasteiger partial charge < -0.3 is 0 Å². The van der Waals surface area contributed by atoms with E-state index in [1.165, 1.54) is 22.3 Å². The van der Waals surface area contributed by atoms with Gasteiger partial charge in [-0.1, -0.05) is 0 Å². The van der Waals surface area contributed by atoms with Crippen LogP contribution in [0, 0.1) is 0 Å². The van der Waals surface area contributed by atoms with Crippen LogP contribution in [0.5, 0.6) is 0 Å². The Morgan fingerprint density at radius 1 is 0.526 bits per heavy atom. The first-order valence-corrected chi connectivity index (χ1v) is 30.5. The van der Waals surface area contributed by atoms with Crippen molar-refractivity contribution in [1.29, 1.82) is 0 Å². The van der Waals surface area contributed by atoms with Crippen molar-refractivity contribution in [2.75, 3.05) is 0 Å². The standard InChI is InChI=1S/2C11H11.2C6H5.2CH3.H2Si.Zr/c2*1-2-9-7-10-5-3-4-6-11(10)8-9;2*1-2-4-6-5-3-1;;;;/h2*3-8H,2H2,1H3;2*1-5H;2*1H3;1H2;. The third-order valence-corrected chi connectivity index (χ3v) is 50.6. The van der Waals surface area contributed by atoms with E-state index in [4.69, 9.17) is 0 Å². The number of rotatable bonds is 6. The summed E-state index contributed by atoms with van der Waals surface area (Å²) < 4.78 is 9.37. The van der Waals surface area contributed by atoms with E-state index >= 15 is 0 Å². The fourth-order valence-corrected chi connectivity index (χ4v) is 48.2. The van der Waals surface area contributed by atoms with Gasteiger partial charge in [0, 0.05) is 0 Å². The van der Waals surface area contributed by atoms with Crippen LogP contribution in [0.1, 0.15) is 56.2 Å². The van der Waals surface area contributed by atoms with Crippen LogP contribution in [0.3, 0.4) is 0 Å². The van der Waals surface area contributed by atoms with Gasteiger partial charge in [0.15, 0.2) is 0 Å². The summed E-state index contributed by atoms with van der Waals surface area (Å²) in [5.41, 5.74) is 9.00. The third kappa shape index (κ3) is 2.84. The Morgan fingerprint density at radius 3 is 1.24 bits per heavy atom. The van der Waals surface area contributed by atoms with Crippen molar-refractivity contribution in [1.82, 2.24) is 0 Å². The second-order valence-corrected chi connectivity index (χ2v) is 61.6. The summed E-state index contributed by atoms with van der Waals surface area (Å²) in [4.78, 5) is 0. The minimum absolute atomic E-state index is 0.308. The fraction of sp³-hybridized carbons (Fsp3) is 0.222. The van der Waals surface area contributed by atoms with Crippen LogP contribution in [0.2, 0.25) is 9.26 Å². The van der Waals surface area contributed by atoms with Gasteiger partial charge >= 0.3 is 226 Å². The molecular formula is C36H40SiZr. The molecule has 192 valence electrons. The maximum absolute atomic E-state index is 5.63. The molecule has 2 unspecified atom stereocenters. The van der Waals surface area contributed by atoms with E-state index in [9.17, 15) is 0 Å². The second kappa shape index (κ2) is 7.77. The number of fused-ring (bicyclic) bond motifs is 2. The molecule has 2 heteroatoms. The summed E-state index contributed by atoms with van der Waals surface area (Å²) in [6, 6.07) is 42.0. The SMILES string of the molecule is CCC1=Cc2ccccc2[CH]1[Zr]([CH3])([CH3])(=[SiH2])([c]1ccccc1)([c]1ccccc1)[CH]1C(CC)=Cc2ccccc21. The molecule has 4 aromatic carbocycles. The Bertz CT molecular complexity index is 1640. The van der Waals surface area contributed by atoms with Crippen LogP contribution in [0.15, 0.2) is 120 Å². The summed E-state index contributed by atoms with van der Waals surface area (Å²) >= 11 is -5.63. The molecule has 0 nitrogen and oxygen atoms in total. The Balaban J connectivity index is 1.96. The Hall–Kier alpha value is -2.54. The molecule has 0 aliphatic heterocycles. The average Bonchev–Trinajstić information content (AvgIpc) is 3.55. The molecule has 0 amide bonds. The number of hydrogen-bond acceptors (Lipinski definition) is 0. The van der Waals surface area contributed by atoms with E-state index in [0.717, 1.165) is 12.8 Å². The van der Waals surface area contributed by atoms with Crippen LogP contribution in [0.25, 0.3) is 12.2 Å². The molecule has 2 atom stereocenters. The molecule has 0 fully saturated rings. The van der Waals surface area contributed by atoms with Gasteiger partial charge in [0.25, 0.3) is 0 Å².